The number of hydrogen-bond acceptors (Lipinski definition) is 3. The van der Waals surface area contributed by atoms with E-state index >= 15 is 0 Å². The second-order valence-corrected chi connectivity index (χ2v) is 9.77. The Morgan fingerprint density at radius 3 is 2.36 bits per heavy atom. The molecule has 150 valence electrons. The molecule has 0 atom stereocenters. The van der Waals surface area contributed by atoms with Gasteiger partial charge in [0.25, 0.3) is 0 Å². The number of benzene rings is 2. The van der Waals surface area contributed by atoms with Gasteiger partial charge in [-0.2, -0.15) is 0 Å². The van der Waals surface area contributed by atoms with Crippen LogP contribution in [0.3, 0.4) is 0 Å². The van der Waals surface area contributed by atoms with Crippen LogP contribution in [0.2, 0.25) is 5.02 Å². The van der Waals surface area contributed by atoms with Crippen LogP contribution in [-0.4, -0.2) is 31.7 Å². The molecule has 1 heterocycles. The van der Waals surface area contributed by atoms with Gasteiger partial charge >= 0.3 is 0 Å². The Bertz CT molecular complexity index is 950. The summed E-state index contributed by atoms with van der Waals surface area (Å²) in [7, 11) is -3.38. The fraction of sp³-hybridized carbons (Fsp3) is 0.381. The van der Waals surface area contributed by atoms with E-state index in [4.69, 9.17) is 11.6 Å². The summed E-state index contributed by atoms with van der Waals surface area (Å²) in [6.45, 7) is 4.60. The van der Waals surface area contributed by atoms with E-state index in [9.17, 15) is 13.2 Å². The van der Waals surface area contributed by atoms with Crippen LogP contribution in [0.4, 0.5) is 5.69 Å². The molecule has 3 rings (SSSR count). The van der Waals surface area contributed by atoms with Gasteiger partial charge in [0.05, 0.1) is 5.75 Å². The monoisotopic (exact) mass is 420 g/mol. The molecule has 28 heavy (non-hydrogen) atoms. The van der Waals surface area contributed by atoms with Crippen molar-refractivity contribution in [1.29, 1.82) is 0 Å². The van der Waals surface area contributed by atoms with Crippen LogP contribution in [0.25, 0.3) is 0 Å². The number of carbonyl (C=O) groups excluding carboxylic acids is 1. The van der Waals surface area contributed by atoms with E-state index < -0.39 is 10.0 Å². The Morgan fingerprint density at radius 1 is 1.11 bits per heavy atom. The molecule has 0 unspecified atom stereocenters. The van der Waals surface area contributed by atoms with Crippen molar-refractivity contribution in [1.82, 2.24) is 4.31 Å². The standard InChI is InChI=1S/C21H25ClN2O3S/c1-15-3-5-17(6-4-15)14-28(26,27)24-11-9-18(10-12-24)21(25)23-20-8-7-19(22)13-16(20)2/h3-8,13,18H,9-12,14H2,1-2H3,(H,23,25). The predicted octanol–water partition coefficient (Wildman–Crippen LogP) is 4.14. The number of nitrogens with zero attached hydrogens (tertiary/aromatic N) is 1. The van der Waals surface area contributed by atoms with E-state index in [1.54, 1.807) is 18.2 Å². The molecule has 1 N–H and O–H groups in total. The van der Waals surface area contributed by atoms with Crippen molar-refractivity contribution in [2.24, 2.45) is 5.92 Å². The highest BCUT2D eigenvalue weighted by molar-refractivity contribution is 7.88. The average molecular weight is 421 g/mol. The van der Waals surface area contributed by atoms with Gasteiger partial charge in [-0.05, 0) is 56.0 Å². The molecule has 1 saturated heterocycles. The van der Waals surface area contributed by atoms with Crippen LogP contribution >= 0.6 is 11.6 Å². The first-order valence-electron chi connectivity index (χ1n) is 9.35. The second-order valence-electron chi connectivity index (χ2n) is 7.36. The number of carbonyl (C=O) groups is 1. The van der Waals surface area contributed by atoms with Crippen LogP contribution in [0.1, 0.15) is 29.5 Å². The number of halogens is 1. The maximum Gasteiger partial charge on any atom is 0.227 e. The molecule has 0 aromatic heterocycles. The van der Waals surface area contributed by atoms with Crippen LogP contribution in [0.15, 0.2) is 42.5 Å². The third kappa shape index (κ3) is 5.13. The number of piperidine rings is 1. The second kappa shape index (κ2) is 8.64. The number of hydrogen-bond donors (Lipinski definition) is 1. The van der Waals surface area contributed by atoms with Gasteiger partial charge in [-0.15, -0.1) is 0 Å². The number of aryl methyl sites for hydroxylation is 2. The lowest BCUT2D eigenvalue weighted by molar-refractivity contribution is -0.120. The summed E-state index contributed by atoms with van der Waals surface area (Å²) in [5, 5.41) is 3.57. The molecule has 0 saturated carbocycles. The largest absolute Gasteiger partial charge is 0.326 e. The molecule has 0 aliphatic carbocycles. The van der Waals surface area contributed by atoms with Gasteiger partial charge in [0.15, 0.2) is 0 Å². The molecule has 1 amide bonds. The third-order valence-corrected chi connectivity index (χ3v) is 7.22. The Labute approximate surface area is 171 Å². The third-order valence-electron chi connectivity index (χ3n) is 5.13. The van der Waals surface area contributed by atoms with Crippen LogP contribution in [-0.2, 0) is 20.6 Å². The van der Waals surface area contributed by atoms with Crippen molar-refractivity contribution in [2.45, 2.75) is 32.4 Å². The van der Waals surface area contributed by atoms with Crippen LogP contribution in [0.5, 0.6) is 0 Å². The predicted molar refractivity (Wildman–Crippen MR) is 113 cm³/mol. The molecule has 2 aromatic rings. The van der Waals surface area contributed by atoms with E-state index in [1.165, 1.54) is 4.31 Å². The lowest BCUT2D eigenvalue weighted by Crippen LogP contribution is -2.41. The molecule has 2 aromatic carbocycles. The smallest absolute Gasteiger partial charge is 0.227 e. The van der Waals surface area contributed by atoms with Gasteiger partial charge in [0.2, 0.25) is 15.9 Å². The summed E-state index contributed by atoms with van der Waals surface area (Å²) in [5.41, 5.74) is 3.52. The Hall–Kier alpha value is -1.89. The first-order valence-corrected chi connectivity index (χ1v) is 11.3. The van der Waals surface area contributed by atoms with Gasteiger partial charge in [-0.1, -0.05) is 41.4 Å². The first kappa shape index (κ1) is 20.8. The van der Waals surface area contributed by atoms with Crippen LogP contribution in [0, 0.1) is 19.8 Å². The SMILES string of the molecule is Cc1ccc(CS(=O)(=O)N2CCC(C(=O)Nc3ccc(Cl)cc3C)CC2)cc1. The van der Waals surface area contributed by atoms with E-state index in [0.717, 1.165) is 22.4 Å². The minimum atomic E-state index is -3.38. The summed E-state index contributed by atoms with van der Waals surface area (Å²) >= 11 is 5.95. The Morgan fingerprint density at radius 2 is 1.75 bits per heavy atom. The van der Waals surface area contributed by atoms with Crippen molar-refractivity contribution < 1.29 is 13.2 Å². The molecule has 5 nitrogen and oxygen atoms in total. The summed E-state index contributed by atoms with van der Waals surface area (Å²) < 4.78 is 26.9. The number of anilines is 1. The summed E-state index contributed by atoms with van der Waals surface area (Å²) in [5.74, 6) is -0.268. The number of rotatable bonds is 5. The lowest BCUT2D eigenvalue weighted by atomic mass is 9.97. The fourth-order valence-corrected chi connectivity index (χ4v) is 5.17. The van der Waals surface area contributed by atoms with Crippen molar-refractivity contribution in [3.8, 4) is 0 Å². The van der Waals surface area contributed by atoms with Crippen molar-refractivity contribution in [3.05, 3.63) is 64.2 Å². The summed E-state index contributed by atoms with van der Waals surface area (Å²) in [6, 6.07) is 12.9. The molecule has 7 heteroatoms. The number of nitrogens with one attached hydrogen (secondary N) is 1. The summed E-state index contributed by atoms with van der Waals surface area (Å²) in [4.78, 5) is 12.6. The summed E-state index contributed by atoms with van der Waals surface area (Å²) in [6.07, 6.45) is 1.04. The van der Waals surface area contributed by atoms with E-state index in [2.05, 4.69) is 5.32 Å². The first-order chi connectivity index (χ1) is 13.2. The minimum Gasteiger partial charge on any atom is -0.326 e. The molecule has 0 radical (unpaired) electrons. The Kier molecular flexibility index (Phi) is 6.43. The number of amides is 1. The van der Waals surface area contributed by atoms with E-state index in [1.807, 2.05) is 38.1 Å². The van der Waals surface area contributed by atoms with E-state index in [0.29, 0.717) is 31.0 Å². The highest BCUT2D eigenvalue weighted by atomic mass is 35.5. The maximum atomic E-state index is 12.7. The lowest BCUT2D eigenvalue weighted by Gasteiger charge is -2.30. The average Bonchev–Trinajstić information content (AvgIpc) is 2.66. The normalized spacial score (nSPS) is 16.1. The molecule has 0 spiro atoms. The van der Waals surface area contributed by atoms with Crippen LogP contribution < -0.4 is 5.32 Å². The maximum absolute atomic E-state index is 12.7. The van der Waals surface area contributed by atoms with Gasteiger partial charge < -0.3 is 5.32 Å². The molecule has 1 fully saturated rings. The van der Waals surface area contributed by atoms with Crippen molar-refractivity contribution >= 4 is 33.2 Å². The quantitative estimate of drug-likeness (QED) is 0.790. The van der Waals surface area contributed by atoms with Gasteiger partial charge in [0.1, 0.15) is 0 Å². The highest BCUT2D eigenvalue weighted by Gasteiger charge is 2.31. The van der Waals surface area contributed by atoms with Crippen molar-refractivity contribution in [3.63, 3.8) is 0 Å². The molecule has 1 aliphatic rings. The zero-order valence-electron chi connectivity index (χ0n) is 16.1. The minimum absolute atomic E-state index is 0.00584. The molecule has 1 aliphatic heterocycles. The topological polar surface area (TPSA) is 66.5 Å². The Balaban J connectivity index is 1.57. The zero-order valence-corrected chi connectivity index (χ0v) is 17.7. The highest BCUT2D eigenvalue weighted by Crippen LogP contribution is 2.25. The number of sulfonamides is 1. The zero-order chi connectivity index (χ0) is 20.3. The van der Waals surface area contributed by atoms with Gasteiger partial charge in [-0.25, -0.2) is 12.7 Å². The van der Waals surface area contributed by atoms with Gasteiger partial charge in [-0.3, -0.25) is 4.79 Å². The molecular weight excluding hydrogens is 396 g/mol. The van der Waals surface area contributed by atoms with Crippen molar-refractivity contribution in [2.75, 3.05) is 18.4 Å². The fourth-order valence-electron chi connectivity index (χ4n) is 3.38. The van der Waals surface area contributed by atoms with E-state index in [-0.39, 0.29) is 17.6 Å². The van der Waals surface area contributed by atoms with Gasteiger partial charge in [0, 0.05) is 29.7 Å². The molecular formula is C21H25ClN2O3S. The molecule has 0 bridgehead atoms.